The van der Waals surface area contributed by atoms with Crippen molar-refractivity contribution in [3.05, 3.63) is 42.0 Å². The first-order valence-electron chi connectivity index (χ1n) is 33.4. The Labute approximate surface area is 534 Å². The van der Waals surface area contributed by atoms with Gasteiger partial charge in [0.25, 0.3) is 0 Å². The molecule has 0 aliphatic carbocycles. The molecule has 6 saturated heterocycles. The van der Waals surface area contributed by atoms with Crippen LogP contribution in [0.2, 0.25) is 0 Å². The van der Waals surface area contributed by atoms with Crippen molar-refractivity contribution in [3.63, 3.8) is 0 Å². The lowest BCUT2D eigenvalue weighted by Crippen LogP contribution is -2.68. The molecular weight excluding hydrogens is 1190 g/mol. The van der Waals surface area contributed by atoms with Crippen LogP contribution < -0.4 is 0 Å². The first kappa shape index (κ1) is 74.6. The van der Waals surface area contributed by atoms with Crippen molar-refractivity contribution in [1.29, 1.82) is 0 Å². The molecule has 0 saturated carbocycles. The number of aliphatic hydroxyl groups is 7. The molecule has 25 heteroatoms. The summed E-state index contributed by atoms with van der Waals surface area (Å²) in [6, 6.07) is 8.87. The van der Waals surface area contributed by atoms with Gasteiger partial charge < -0.3 is 102 Å². The van der Waals surface area contributed by atoms with Crippen molar-refractivity contribution in [2.45, 2.75) is 338 Å². The van der Waals surface area contributed by atoms with E-state index < -0.39 is 183 Å². The topological polar surface area (TPSA) is 339 Å². The molecule has 7 rings (SSSR count). The smallest absolute Gasteiger partial charge is 0.331 e. The molecule has 0 unspecified atom stereocenters. The average molecular weight is 1300 g/mol. The van der Waals surface area contributed by atoms with Crippen LogP contribution in [0.3, 0.4) is 0 Å². The standard InChI is InChI=1S/C66H104O25/c1-10-13-21-29-42-30-25-18-16-15-17-19-26-32-43(67)85-58-51(75)53(38(7)81-65(58)90-57-49(73)47(71)37(6)79-64(57)83-42)88-66-60(86-44(68)31-22-14-11-2)59(91-62-50(74)48(72)46(70)36(5)78-62)55(40(9)82-66)89-63-52(76)56(54(39(8)80-63)87-61(77)35(4)12-3)84-45(69)34-33-41-27-23-20-24-28-41/h20,23-24,27-28,33-40,42,46-60,62-66,70-76H,10-19,21-22,25-26,29-32H2,1-9H3/b34-33-/t35-,36-,37+,38-,39-,40-,42-,46-,47-,48+,49-,50+,51+,52+,53-,54-,55-,56-,57+,58+,59+,60+,62-,63-,64-,65-,66-/m0/s1. The minimum Gasteiger partial charge on any atom is -0.455 e. The van der Waals surface area contributed by atoms with Gasteiger partial charge in [0, 0.05) is 18.9 Å². The van der Waals surface area contributed by atoms with E-state index in [4.69, 9.17) is 66.3 Å². The van der Waals surface area contributed by atoms with Crippen molar-refractivity contribution in [3.8, 4) is 0 Å². The minimum absolute atomic E-state index is 0.0384. The highest BCUT2D eigenvalue weighted by atomic mass is 16.8. The van der Waals surface area contributed by atoms with Crippen LogP contribution in [0.4, 0.5) is 0 Å². The zero-order valence-electron chi connectivity index (χ0n) is 54.3. The molecule has 0 amide bonds. The van der Waals surface area contributed by atoms with E-state index in [1.54, 1.807) is 51.1 Å². The number of rotatable bonds is 21. The van der Waals surface area contributed by atoms with E-state index in [0.717, 1.165) is 70.3 Å². The second-order valence-corrected chi connectivity index (χ2v) is 25.4. The Kier molecular flexibility index (Phi) is 29.8. The maximum atomic E-state index is 14.2. The summed E-state index contributed by atoms with van der Waals surface area (Å²) in [5.41, 5.74) is 0.663. The van der Waals surface area contributed by atoms with Gasteiger partial charge in [-0.1, -0.05) is 129 Å². The SMILES string of the molecule is CCCCCC(=O)O[C@H]1[C@H](O[C@@H]2[C@@H](O)[C@H]3OC(=O)CCCCCCCCC[C@H](CCCCC)O[C@@H]4O[C@H](C)[C@H](O)[C@H](O)[C@H]4O[C@@H]3O[C@H]2C)O[C@@H](C)[C@H](O[C@@H]2O[C@@H](C)[C@H](OC(=O)[C@@H](C)CC)[C@@H](OC(=O)/C=C\c3ccccc3)[C@H]2O)[C@H]1O[C@@H]1O[C@@H](C)[C@H](O)[C@@H](O)[C@H]1O. The summed E-state index contributed by atoms with van der Waals surface area (Å²) in [5.74, 6) is -3.66. The van der Waals surface area contributed by atoms with Crippen LogP contribution in [0.1, 0.15) is 183 Å². The Balaban J connectivity index is 1.24. The Hall–Kier alpha value is -3.84. The van der Waals surface area contributed by atoms with Crippen LogP contribution in [0, 0.1) is 5.92 Å². The first-order valence-corrected chi connectivity index (χ1v) is 33.4. The summed E-state index contributed by atoms with van der Waals surface area (Å²) < 4.78 is 89.0. The van der Waals surface area contributed by atoms with Crippen molar-refractivity contribution in [2.75, 3.05) is 0 Å². The van der Waals surface area contributed by atoms with Crippen LogP contribution in [0.5, 0.6) is 0 Å². The number of carbonyl (C=O) groups is 4. The van der Waals surface area contributed by atoms with E-state index in [9.17, 15) is 54.9 Å². The molecule has 6 aliphatic rings. The number of fused-ring (bicyclic) bond motifs is 2. The highest BCUT2D eigenvalue weighted by molar-refractivity contribution is 5.87. The number of esters is 4. The molecule has 0 spiro atoms. The molecule has 0 radical (unpaired) electrons. The molecule has 7 N–H and O–H groups in total. The third-order valence-electron chi connectivity index (χ3n) is 18.1. The van der Waals surface area contributed by atoms with Crippen molar-refractivity contribution < 1.29 is 121 Å². The van der Waals surface area contributed by atoms with Crippen molar-refractivity contribution in [2.24, 2.45) is 5.92 Å². The molecule has 91 heavy (non-hydrogen) atoms. The van der Waals surface area contributed by atoms with Crippen LogP contribution in [-0.2, 0) is 85.5 Å². The quantitative estimate of drug-likeness (QED) is 0.0357. The van der Waals surface area contributed by atoms with E-state index in [0.29, 0.717) is 44.1 Å². The number of hydrogen-bond acceptors (Lipinski definition) is 25. The van der Waals surface area contributed by atoms with Gasteiger partial charge in [0.1, 0.15) is 67.1 Å². The zero-order chi connectivity index (χ0) is 66.1. The largest absolute Gasteiger partial charge is 0.455 e. The normalized spacial score (nSPS) is 40.3. The van der Waals surface area contributed by atoms with Crippen molar-refractivity contribution in [1.82, 2.24) is 0 Å². The summed E-state index contributed by atoms with van der Waals surface area (Å²) in [4.78, 5) is 55.2. The molecule has 27 atom stereocenters. The van der Waals surface area contributed by atoms with Gasteiger partial charge in [-0.25, -0.2) is 4.79 Å². The van der Waals surface area contributed by atoms with E-state index >= 15 is 0 Å². The third-order valence-corrected chi connectivity index (χ3v) is 18.1. The predicted molar refractivity (Wildman–Crippen MR) is 322 cm³/mol. The highest BCUT2D eigenvalue weighted by Crippen LogP contribution is 2.40. The fourth-order valence-corrected chi connectivity index (χ4v) is 12.2. The Morgan fingerprint density at radius 1 is 0.527 bits per heavy atom. The van der Waals surface area contributed by atoms with E-state index in [2.05, 4.69) is 6.92 Å². The maximum Gasteiger partial charge on any atom is 0.331 e. The van der Waals surface area contributed by atoms with Crippen LogP contribution in [-0.4, -0.2) is 219 Å². The minimum atomic E-state index is -1.94. The van der Waals surface area contributed by atoms with Gasteiger partial charge in [-0.05, 0) is 78.4 Å². The fraction of sp³-hybridized carbons (Fsp3) is 0.818. The molecule has 1 aromatic carbocycles. The molecule has 1 aromatic rings. The Bertz CT molecular complexity index is 2380. The summed E-state index contributed by atoms with van der Waals surface area (Å²) in [7, 11) is 0. The zero-order valence-corrected chi connectivity index (χ0v) is 54.3. The molecule has 25 nitrogen and oxygen atoms in total. The Morgan fingerprint density at radius 3 is 1.80 bits per heavy atom. The summed E-state index contributed by atoms with van der Waals surface area (Å²) in [5, 5.41) is 81.5. The molecule has 518 valence electrons. The molecule has 6 heterocycles. The Morgan fingerprint density at radius 2 is 1.10 bits per heavy atom. The number of carbonyl (C=O) groups excluding carboxylic acids is 4. The second-order valence-electron chi connectivity index (χ2n) is 25.4. The number of aliphatic hydroxyl groups excluding tert-OH is 7. The monoisotopic (exact) mass is 1300 g/mol. The van der Waals surface area contributed by atoms with Gasteiger partial charge in [-0.15, -0.1) is 0 Å². The molecule has 6 aliphatic heterocycles. The van der Waals surface area contributed by atoms with Gasteiger partial charge in [-0.3, -0.25) is 14.4 Å². The highest BCUT2D eigenvalue weighted by Gasteiger charge is 2.59. The number of benzene rings is 1. The fourth-order valence-electron chi connectivity index (χ4n) is 12.2. The van der Waals surface area contributed by atoms with Crippen LogP contribution in [0.25, 0.3) is 6.08 Å². The molecule has 0 aromatic heterocycles. The lowest BCUT2D eigenvalue weighted by atomic mass is 9.95. The summed E-state index contributed by atoms with van der Waals surface area (Å²) in [6.07, 6.45) is -24.3. The predicted octanol–water partition coefficient (Wildman–Crippen LogP) is 5.25. The average Bonchev–Trinajstić information content (AvgIpc) is 0.782. The second kappa shape index (κ2) is 36.3. The molecular formula is C66H104O25. The first-order chi connectivity index (χ1) is 43.5. The number of hydrogen-bond donors (Lipinski definition) is 7. The molecule has 0 bridgehead atoms. The van der Waals surface area contributed by atoms with E-state index in [1.807, 2.05) is 6.92 Å². The van der Waals surface area contributed by atoms with Gasteiger partial charge in [-0.2, -0.15) is 0 Å². The van der Waals surface area contributed by atoms with Gasteiger partial charge in [0.15, 0.2) is 55.9 Å². The van der Waals surface area contributed by atoms with E-state index in [1.165, 1.54) is 33.8 Å². The lowest BCUT2D eigenvalue weighted by Gasteiger charge is -2.51. The van der Waals surface area contributed by atoms with Gasteiger partial charge >= 0.3 is 23.9 Å². The number of unbranched alkanes of at least 4 members (excludes halogenated alkanes) is 4. The van der Waals surface area contributed by atoms with Crippen LogP contribution in [0.15, 0.2) is 36.4 Å². The van der Waals surface area contributed by atoms with Crippen molar-refractivity contribution >= 4 is 30.0 Å². The van der Waals surface area contributed by atoms with E-state index in [-0.39, 0.29) is 18.9 Å². The van der Waals surface area contributed by atoms with Gasteiger partial charge in [0.05, 0.1) is 42.5 Å². The van der Waals surface area contributed by atoms with Crippen LogP contribution >= 0.6 is 0 Å². The maximum absolute atomic E-state index is 14.2. The summed E-state index contributed by atoms with van der Waals surface area (Å²) >= 11 is 0. The summed E-state index contributed by atoms with van der Waals surface area (Å²) in [6.45, 7) is 15.1. The molecule has 6 fully saturated rings. The van der Waals surface area contributed by atoms with Gasteiger partial charge in [0.2, 0.25) is 0 Å². The number of ether oxygens (including phenoxy) is 14. The third kappa shape index (κ3) is 20.4. The lowest BCUT2D eigenvalue weighted by molar-refractivity contribution is -0.399.